The Bertz CT molecular complexity index is 507. The number of aryl methyl sites for hydroxylation is 1. The number of hydrogen-bond donors (Lipinski definition) is 0. The molecule has 2 aromatic carbocycles. The second-order valence-electron chi connectivity index (χ2n) is 4.48. The van der Waals surface area contributed by atoms with Crippen LogP contribution < -0.4 is 0 Å². The van der Waals surface area contributed by atoms with Gasteiger partial charge in [-0.1, -0.05) is 74.4 Å². The minimum atomic E-state index is 1.05. The molecule has 0 aliphatic rings. The zero-order valence-electron chi connectivity index (χ0n) is 12.1. The molecule has 0 bridgehead atoms. The summed E-state index contributed by atoms with van der Waals surface area (Å²) in [5.41, 5.74) is 3.38. The summed E-state index contributed by atoms with van der Waals surface area (Å²) in [6.07, 6.45) is 2.64. The van der Waals surface area contributed by atoms with Crippen molar-refractivity contribution in [1.29, 1.82) is 0 Å². The van der Waals surface area contributed by atoms with Crippen molar-refractivity contribution in [3.63, 3.8) is 0 Å². The van der Waals surface area contributed by atoms with Crippen LogP contribution in [0.15, 0.2) is 54.6 Å². The Kier molecular flexibility index (Phi) is 7.13. The number of benzene rings is 2. The average molecular weight is 250 g/mol. The lowest BCUT2D eigenvalue weighted by Gasteiger charge is -1.91. The maximum Gasteiger partial charge on any atom is 0.0249 e. The fraction of sp³-hybridized carbons (Fsp3) is 0.263. The van der Waals surface area contributed by atoms with Gasteiger partial charge in [-0.25, -0.2) is 0 Å². The van der Waals surface area contributed by atoms with Gasteiger partial charge in [0, 0.05) is 11.1 Å². The van der Waals surface area contributed by atoms with Gasteiger partial charge < -0.3 is 0 Å². The van der Waals surface area contributed by atoms with E-state index in [1.807, 2.05) is 42.5 Å². The SMILES string of the molecule is CCCC.Cc1ccc(C#Cc2ccccc2)cc1. The molecule has 0 aliphatic heterocycles. The zero-order valence-corrected chi connectivity index (χ0v) is 12.1. The Morgan fingerprint density at radius 3 is 1.63 bits per heavy atom. The molecule has 2 aromatic rings. The molecule has 0 amide bonds. The highest BCUT2D eigenvalue weighted by Crippen LogP contribution is 2.02. The molecule has 0 unspecified atom stereocenters. The quantitative estimate of drug-likeness (QED) is 0.610. The van der Waals surface area contributed by atoms with Crippen molar-refractivity contribution < 1.29 is 0 Å². The number of hydrogen-bond acceptors (Lipinski definition) is 0. The predicted molar refractivity (Wildman–Crippen MR) is 84.2 cm³/mol. The van der Waals surface area contributed by atoms with Crippen LogP contribution in [0.3, 0.4) is 0 Å². The minimum absolute atomic E-state index is 1.05. The van der Waals surface area contributed by atoms with E-state index in [4.69, 9.17) is 0 Å². The van der Waals surface area contributed by atoms with Crippen LogP contribution in [0.25, 0.3) is 0 Å². The van der Waals surface area contributed by atoms with Crippen LogP contribution in [0.5, 0.6) is 0 Å². The van der Waals surface area contributed by atoms with E-state index < -0.39 is 0 Å². The van der Waals surface area contributed by atoms with Gasteiger partial charge in [0.05, 0.1) is 0 Å². The van der Waals surface area contributed by atoms with Gasteiger partial charge in [-0.15, -0.1) is 0 Å². The first-order valence-corrected chi connectivity index (χ1v) is 6.90. The maximum absolute atomic E-state index is 3.14. The van der Waals surface area contributed by atoms with Crippen molar-refractivity contribution in [2.45, 2.75) is 33.6 Å². The molecule has 98 valence electrons. The first-order chi connectivity index (χ1) is 9.26. The molecule has 0 N–H and O–H groups in total. The van der Waals surface area contributed by atoms with Gasteiger partial charge in [0.2, 0.25) is 0 Å². The molecular formula is C19H22. The Labute approximate surface area is 117 Å². The first-order valence-electron chi connectivity index (χ1n) is 6.90. The lowest BCUT2D eigenvalue weighted by atomic mass is 10.1. The third-order valence-electron chi connectivity index (χ3n) is 2.68. The molecule has 0 nitrogen and oxygen atoms in total. The van der Waals surface area contributed by atoms with E-state index in [-0.39, 0.29) is 0 Å². The largest absolute Gasteiger partial charge is 0.0654 e. The van der Waals surface area contributed by atoms with Crippen LogP contribution in [0.1, 0.15) is 43.4 Å². The highest BCUT2D eigenvalue weighted by molar-refractivity contribution is 5.43. The summed E-state index contributed by atoms with van der Waals surface area (Å²) in [5, 5.41) is 0. The summed E-state index contributed by atoms with van der Waals surface area (Å²) >= 11 is 0. The first kappa shape index (κ1) is 15.1. The van der Waals surface area contributed by atoms with Crippen molar-refractivity contribution in [3.8, 4) is 11.8 Å². The molecule has 0 spiro atoms. The van der Waals surface area contributed by atoms with E-state index in [1.165, 1.54) is 18.4 Å². The van der Waals surface area contributed by atoms with Crippen LogP contribution in [-0.4, -0.2) is 0 Å². The van der Waals surface area contributed by atoms with Crippen molar-refractivity contribution >= 4 is 0 Å². The summed E-state index contributed by atoms with van der Waals surface area (Å²) in [6, 6.07) is 18.3. The van der Waals surface area contributed by atoms with E-state index in [1.54, 1.807) is 0 Å². The molecule has 0 heteroatoms. The summed E-state index contributed by atoms with van der Waals surface area (Å²) in [4.78, 5) is 0. The molecule has 0 atom stereocenters. The Morgan fingerprint density at radius 1 is 0.684 bits per heavy atom. The number of rotatable bonds is 1. The maximum atomic E-state index is 3.14. The van der Waals surface area contributed by atoms with Gasteiger partial charge in [-0.3, -0.25) is 0 Å². The van der Waals surface area contributed by atoms with Crippen LogP contribution in [0, 0.1) is 18.8 Å². The molecule has 0 aliphatic carbocycles. The van der Waals surface area contributed by atoms with Gasteiger partial charge in [0.15, 0.2) is 0 Å². The molecule has 2 rings (SSSR count). The lowest BCUT2D eigenvalue weighted by Crippen LogP contribution is -1.76. The van der Waals surface area contributed by atoms with E-state index in [0.29, 0.717) is 0 Å². The van der Waals surface area contributed by atoms with Crippen molar-refractivity contribution in [1.82, 2.24) is 0 Å². The molecule has 19 heavy (non-hydrogen) atoms. The van der Waals surface area contributed by atoms with Crippen LogP contribution in [0.4, 0.5) is 0 Å². The molecule has 0 saturated carbocycles. The molecule has 0 fully saturated rings. The normalized spacial score (nSPS) is 8.79. The van der Waals surface area contributed by atoms with E-state index in [2.05, 4.69) is 44.7 Å². The smallest absolute Gasteiger partial charge is 0.0249 e. The highest BCUT2D eigenvalue weighted by Gasteiger charge is 1.86. The van der Waals surface area contributed by atoms with Gasteiger partial charge >= 0.3 is 0 Å². The molecular weight excluding hydrogens is 228 g/mol. The summed E-state index contributed by atoms with van der Waals surface area (Å²) < 4.78 is 0. The fourth-order valence-corrected chi connectivity index (χ4v) is 1.30. The molecule has 0 aromatic heterocycles. The minimum Gasteiger partial charge on any atom is -0.0654 e. The Morgan fingerprint density at radius 2 is 1.16 bits per heavy atom. The zero-order chi connectivity index (χ0) is 13.9. The van der Waals surface area contributed by atoms with Crippen LogP contribution in [-0.2, 0) is 0 Å². The lowest BCUT2D eigenvalue weighted by molar-refractivity contribution is 0.886. The predicted octanol–water partition coefficient (Wildman–Crippen LogP) is 5.20. The van der Waals surface area contributed by atoms with Crippen molar-refractivity contribution in [2.75, 3.05) is 0 Å². The van der Waals surface area contributed by atoms with Crippen LogP contribution in [0.2, 0.25) is 0 Å². The monoisotopic (exact) mass is 250 g/mol. The summed E-state index contributed by atoms with van der Waals surface area (Å²) in [5.74, 6) is 6.27. The topological polar surface area (TPSA) is 0 Å². The van der Waals surface area contributed by atoms with E-state index in [0.717, 1.165) is 11.1 Å². The van der Waals surface area contributed by atoms with Crippen LogP contribution >= 0.6 is 0 Å². The van der Waals surface area contributed by atoms with Gasteiger partial charge in [-0.05, 0) is 31.2 Å². The molecule has 0 radical (unpaired) electrons. The third kappa shape index (κ3) is 6.48. The summed E-state index contributed by atoms with van der Waals surface area (Å²) in [6.45, 7) is 6.44. The Balaban J connectivity index is 0.000000399. The second kappa shape index (κ2) is 9.00. The van der Waals surface area contributed by atoms with Gasteiger partial charge in [-0.2, -0.15) is 0 Å². The standard InChI is InChI=1S/C15H12.C4H10/c1-13-7-9-15(10-8-13)12-11-14-5-3-2-4-6-14;1-3-4-2/h2-10H,1H3;3-4H2,1-2H3. The molecule has 0 saturated heterocycles. The average Bonchev–Trinajstić information content (AvgIpc) is 2.48. The van der Waals surface area contributed by atoms with Crippen molar-refractivity contribution in [3.05, 3.63) is 71.3 Å². The van der Waals surface area contributed by atoms with Gasteiger partial charge in [0.25, 0.3) is 0 Å². The van der Waals surface area contributed by atoms with E-state index >= 15 is 0 Å². The number of unbranched alkanes of at least 4 members (excludes halogenated alkanes) is 1. The Hall–Kier alpha value is -2.00. The van der Waals surface area contributed by atoms with E-state index in [9.17, 15) is 0 Å². The highest BCUT2D eigenvalue weighted by atomic mass is 13.9. The fourth-order valence-electron chi connectivity index (χ4n) is 1.30. The van der Waals surface area contributed by atoms with Gasteiger partial charge in [0.1, 0.15) is 0 Å². The van der Waals surface area contributed by atoms with Crippen molar-refractivity contribution in [2.24, 2.45) is 0 Å². The molecule has 0 heterocycles. The third-order valence-corrected chi connectivity index (χ3v) is 2.68. The second-order valence-corrected chi connectivity index (χ2v) is 4.48. The summed E-state index contributed by atoms with van der Waals surface area (Å²) in [7, 11) is 0.